The van der Waals surface area contributed by atoms with E-state index in [4.69, 9.17) is 4.74 Å². The largest absolute Gasteiger partial charge is 0.504 e. The Balaban J connectivity index is 2.22. The quantitative estimate of drug-likeness (QED) is 0.919. The lowest BCUT2D eigenvalue weighted by Crippen LogP contribution is -2.26. The van der Waals surface area contributed by atoms with Gasteiger partial charge in [0.15, 0.2) is 11.5 Å². The molecule has 0 aliphatic heterocycles. The number of methoxy groups -OCH3 is 1. The van der Waals surface area contributed by atoms with Gasteiger partial charge in [-0.3, -0.25) is 4.79 Å². The molecule has 2 rings (SSSR count). The fraction of sp³-hybridized carbons (Fsp3) is 0.188. The molecular formula is C16H16BrNO3. The zero-order chi connectivity index (χ0) is 15.4. The van der Waals surface area contributed by atoms with Gasteiger partial charge in [-0.2, -0.15) is 0 Å². The highest BCUT2D eigenvalue weighted by molar-refractivity contribution is 9.10. The van der Waals surface area contributed by atoms with E-state index in [1.165, 1.54) is 7.11 Å². The second-order valence-corrected chi connectivity index (χ2v) is 5.46. The number of ether oxygens (including phenoxy) is 1. The van der Waals surface area contributed by atoms with Crippen LogP contribution in [0.5, 0.6) is 11.5 Å². The van der Waals surface area contributed by atoms with Crippen molar-refractivity contribution in [3.8, 4) is 11.5 Å². The number of carbonyl (C=O) groups is 1. The van der Waals surface area contributed by atoms with Gasteiger partial charge in [0.2, 0.25) is 0 Å². The zero-order valence-electron chi connectivity index (χ0n) is 11.8. The molecule has 0 aliphatic rings. The first-order valence-electron chi connectivity index (χ1n) is 6.39. The predicted molar refractivity (Wildman–Crippen MR) is 84.6 cm³/mol. The van der Waals surface area contributed by atoms with Crippen molar-refractivity contribution in [1.82, 2.24) is 4.90 Å². The van der Waals surface area contributed by atoms with E-state index < -0.39 is 0 Å². The van der Waals surface area contributed by atoms with Crippen molar-refractivity contribution in [2.75, 3.05) is 14.2 Å². The van der Waals surface area contributed by atoms with E-state index >= 15 is 0 Å². The molecule has 1 amide bonds. The Morgan fingerprint density at radius 2 is 1.95 bits per heavy atom. The van der Waals surface area contributed by atoms with Gasteiger partial charge in [-0.05, 0) is 23.8 Å². The molecule has 0 fully saturated rings. The number of hydrogen-bond donors (Lipinski definition) is 1. The number of hydrogen-bond acceptors (Lipinski definition) is 3. The molecule has 0 unspecified atom stereocenters. The number of halogens is 1. The molecule has 0 spiro atoms. The van der Waals surface area contributed by atoms with E-state index in [0.717, 1.165) is 10.0 Å². The molecule has 0 aromatic heterocycles. The fourth-order valence-electron chi connectivity index (χ4n) is 2.02. The summed E-state index contributed by atoms with van der Waals surface area (Å²) >= 11 is 3.46. The number of phenolic OH excluding ortho intramolecular Hbond substituents is 1. The summed E-state index contributed by atoms with van der Waals surface area (Å²) in [6, 6.07) is 12.6. The van der Waals surface area contributed by atoms with Gasteiger partial charge in [-0.1, -0.05) is 40.2 Å². The van der Waals surface area contributed by atoms with Gasteiger partial charge < -0.3 is 14.7 Å². The number of benzene rings is 2. The smallest absolute Gasteiger partial charge is 0.257 e. The first-order chi connectivity index (χ1) is 10.0. The minimum atomic E-state index is -0.262. The van der Waals surface area contributed by atoms with E-state index in [9.17, 15) is 9.90 Å². The molecular weight excluding hydrogens is 334 g/mol. The van der Waals surface area contributed by atoms with Crippen LogP contribution in [0.25, 0.3) is 0 Å². The molecule has 110 valence electrons. The molecule has 0 saturated heterocycles. The number of carbonyl (C=O) groups excluding carboxylic acids is 1. The van der Waals surface area contributed by atoms with Crippen LogP contribution >= 0.6 is 15.9 Å². The van der Waals surface area contributed by atoms with Crippen molar-refractivity contribution in [2.45, 2.75) is 6.54 Å². The van der Waals surface area contributed by atoms with Gasteiger partial charge in [0.1, 0.15) is 0 Å². The molecule has 2 aromatic rings. The van der Waals surface area contributed by atoms with Crippen LogP contribution in [0.2, 0.25) is 0 Å². The Morgan fingerprint density at radius 1 is 1.24 bits per heavy atom. The number of nitrogens with zero attached hydrogens (tertiary/aromatic N) is 1. The summed E-state index contributed by atoms with van der Waals surface area (Å²) in [7, 11) is 3.15. The molecule has 0 bridgehead atoms. The van der Waals surface area contributed by atoms with Crippen molar-refractivity contribution in [1.29, 1.82) is 0 Å². The van der Waals surface area contributed by atoms with Crippen molar-refractivity contribution >= 4 is 21.8 Å². The molecule has 0 aliphatic carbocycles. The molecule has 0 heterocycles. The average Bonchev–Trinajstić information content (AvgIpc) is 2.49. The normalized spacial score (nSPS) is 10.2. The molecule has 5 heteroatoms. The summed E-state index contributed by atoms with van der Waals surface area (Å²) in [5.41, 5.74) is 1.22. The zero-order valence-corrected chi connectivity index (χ0v) is 13.4. The van der Waals surface area contributed by atoms with E-state index in [2.05, 4.69) is 15.9 Å². The monoisotopic (exact) mass is 349 g/mol. The summed E-state index contributed by atoms with van der Waals surface area (Å²) in [6.07, 6.45) is 0. The van der Waals surface area contributed by atoms with Crippen LogP contribution < -0.4 is 4.74 Å². The van der Waals surface area contributed by atoms with Gasteiger partial charge in [-0.15, -0.1) is 0 Å². The van der Waals surface area contributed by atoms with Crippen molar-refractivity contribution in [3.05, 3.63) is 58.1 Å². The minimum absolute atomic E-state index is 0.135. The molecule has 1 N–H and O–H groups in total. The Labute approximate surface area is 132 Å². The van der Waals surface area contributed by atoms with Crippen LogP contribution in [0.3, 0.4) is 0 Å². The summed E-state index contributed by atoms with van der Waals surface area (Å²) in [4.78, 5) is 14.0. The third kappa shape index (κ3) is 3.36. The Morgan fingerprint density at radius 3 is 2.62 bits per heavy atom. The van der Waals surface area contributed by atoms with E-state index in [-0.39, 0.29) is 23.0 Å². The molecule has 2 aromatic carbocycles. The first-order valence-corrected chi connectivity index (χ1v) is 7.18. The lowest BCUT2D eigenvalue weighted by Gasteiger charge is -2.19. The topological polar surface area (TPSA) is 49.8 Å². The highest BCUT2D eigenvalue weighted by Crippen LogP contribution is 2.30. The minimum Gasteiger partial charge on any atom is -0.504 e. The maximum atomic E-state index is 12.4. The summed E-state index contributed by atoms with van der Waals surface area (Å²) in [6.45, 7) is 0.441. The van der Waals surface area contributed by atoms with E-state index in [0.29, 0.717) is 6.54 Å². The fourth-order valence-corrected chi connectivity index (χ4v) is 2.43. The lowest BCUT2D eigenvalue weighted by molar-refractivity contribution is 0.0781. The standard InChI is InChI=1S/C16H16BrNO3/c1-18(10-11-6-3-4-8-13(11)17)16(20)12-7-5-9-14(21-2)15(12)19/h3-9,19H,10H2,1-2H3. The third-order valence-corrected chi connectivity index (χ3v) is 3.93. The van der Waals surface area contributed by atoms with Crippen LogP contribution in [-0.4, -0.2) is 30.1 Å². The van der Waals surface area contributed by atoms with Gasteiger partial charge >= 0.3 is 0 Å². The number of para-hydroxylation sites is 1. The van der Waals surface area contributed by atoms with Crippen molar-refractivity contribution in [3.63, 3.8) is 0 Å². The maximum Gasteiger partial charge on any atom is 0.257 e. The van der Waals surface area contributed by atoms with Crippen molar-refractivity contribution < 1.29 is 14.6 Å². The highest BCUT2D eigenvalue weighted by Gasteiger charge is 2.19. The van der Waals surface area contributed by atoms with Crippen LogP contribution in [0.15, 0.2) is 46.9 Å². The van der Waals surface area contributed by atoms with Gasteiger partial charge in [-0.25, -0.2) is 0 Å². The van der Waals surface area contributed by atoms with Gasteiger partial charge in [0.05, 0.1) is 12.7 Å². The Kier molecular flexibility index (Phi) is 4.85. The Bertz CT molecular complexity index is 658. The van der Waals surface area contributed by atoms with E-state index in [1.54, 1.807) is 30.1 Å². The SMILES string of the molecule is COc1cccc(C(=O)N(C)Cc2ccccc2Br)c1O. The number of phenols is 1. The molecule has 0 saturated carbocycles. The van der Waals surface area contributed by atoms with Crippen LogP contribution in [0, 0.1) is 0 Å². The molecule has 21 heavy (non-hydrogen) atoms. The maximum absolute atomic E-state index is 12.4. The van der Waals surface area contributed by atoms with Crippen LogP contribution in [0.4, 0.5) is 0 Å². The molecule has 0 radical (unpaired) electrons. The average molecular weight is 350 g/mol. The summed E-state index contributed by atoms with van der Waals surface area (Å²) in [5.74, 6) is -0.110. The van der Waals surface area contributed by atoms with E-state index in [1.807, 2.05) is 24.3 Å². The van der Waals surface area contributed by atoms with Gasteiger partial charge in [0.25, 0.3) is 5.91 Å². The third-order valence-electron chi connectivity index (χ3n) is 3.16. The second kappa shape index (κ2) is 6.63. The first kappa shape index (κ1) is 15.4. The second-order valence-electron chi connectivity index (χ2n) is 4.61. The molecule has 4 nitrogen and oxygen atoms in total. The number of aromatic hydroxyl groups is 1. The van der Waals surface area contributed by atoms with Crippen molar-refractivity contribution in [2.24, 2.45) is 0 Å². The Hall–Kier alpha value is -2.01. The predicted octanol–water partition coefficient (Wildman–Crippen LogP) is 3.44. The lowest BCUT2D eigenvalue weighted by atomic mass is 10.1. The summed E-state index contributed by atoms with van der Waals surface area (Å²) in [5, 5.41) is 10.0. The number of rotatable bonds is 4. The number of amides is 1. The molecule has 0 atom stereocenters. The van der Waals surface area contributed by atoms with Gasteiger partial charge in [0, 0.05) is 18.1 Å². The van der Waals surface area contributed by atoms with Crippen LogP contribution in [0.1, 0.15) is 15.9 Å². The summed E-state index contributed by atoms with van der Waals surface area (Å²) < 4.78 is 5.97. The van der Waals surface area contributed by atoms with Crippen LogP contribution in [-0.2, 0) is 6.54 Å². The highest BCUT2D eigenvalue weighted by atomic mass is 79.9.